The van der Waals surface area contributed by atoms with Crippen LogP contribution < -0.4 is 5.32 Å². The molecule has 1 aromatic rings. The van der Waals surface area contributed by atoms with Crippen molar-refractivity contribution >= 4 is 11.9 Å². The molecule has 1 aromatic carbocycles. The van der Waals surface area contributed by atoms with E-state index in [1.54, 1.807) is 0 Å². The maximum Gasteiger partial charge on any atom is 0.303 e. The van der Waals surface area contributed by atoms with Crippen LogP contribution in [0.2, 0.25) is 0 Å². The van der Waals surface area contributed by atoms with E-state index in [0.717, 1.165) is 25.9 Å². The number of carboxylic acid groups (broad SMARTS) is 1. The summed E-state index contributed by atoms with van der Waals surface area (Å²) in [5.74, 6) is -0.857. The van der Waals surface area contributed by atoms with Crippen molar-refractivity contribution in [2.24, 2.45) is 5.92 Å². The molecular weight excluding hydrogens is 280 g/mol. The van der Waals surface area contributed by atoms with Crippen LogP contribution in [0, 0.1) is 5.92 Å². The smallest absolute Gasteiger partial charge is 0.303 e. The number of rotatable bonds is 7. The summed E-state index contributed by atoms with van der Waals surface area (Å²) in [4.78, 5) is 25.2. The van der Waals surface area contributed by atoms with Gasteiger partial charge in [0.2, 0.25) is 5.91 Å². The second-order valence-corrected chi connectivity index (χ2v) is 6.06. The van der Waals surface area contributed by atoms with Gasteiger partial charge in [0.05, 0.1) is 6.04 Å². The van der Waals surface area contributed by atoms with E-state index in [2.05, 4.69) is 22.3 Å². The first-order valence-electron chi connectivity index (χ1n) is 7.83. The van der Waals surface area contributed by atoms with Crippen LogP contribution in [0.1, 0.15) is 31.7 Å². The number of nitrogens with one attached hydrogen (secondary N) is 1. The van der Waals surface area contributed by atoms with E-state index in [0.29, 0.717) is 6.54 Å². The van der Waals surface area contributed by atoms with E-state index in [1.807, 2.05) is 25.1 Å². The quantitative estimate of drug-likeness (QED) is 0.807. The highest BCUT2D eigenvalue weighted by atomic mass is 16.4. The van der Waals surface area contributed by atoms with Crippen molar-refractivity contribution in [2.75, 3.05) is 13.1 Å². The van der Waals surface area contributed by atoms with Gasteiger partial charge in [-0.3, -0.25) is 14.5 Å². The lowest BCUT2D eigenvalue weighted by molar-refractivity contribution is -0.138. The molecule has 2 atom stereocenters. The highest BCUT2D eigenvalue weighted by Crippen LogP contribution is 2.20. The highest BCUT2D eigenvalue weighted by molar-refractivity contribution is 5.82. The average molecular weight is 304 g/mol. The third-order valence-corrected chi connectivity index (χ3v) is 4.04. The van der Waals surface area contributed by atoms with Crippen LogP contribution >= 0.6 is 0 Å². The molecule has 2 unspecified atom stereocenters. The van der Waals surface area contributed by atoms with Crippen LogP contribution in [-0.4, -0.2) is 41.0 Å². The van der Waals surface area contributed by atoms with Gasteiger partial charge in [0, 0.05) is 19.5 Å². The van der Waals surface area contributed by atoms with Crippen molar-refractivity contribution < 1.29 is 14.7 Å². The largest absolute Gasteiger partial charge is 0.481 e. The Bertz CT molecular complexity index is 504. The molecule has 0 aromatic heterocycles. The fourth-order valence-corrected chi connectivity index (χ4v) is 2.89. The van der Waals surface area contributed by atoms with Crippen LogP contribution in [0.4, 0.5) is 0 Å². The molecule has 0 aliphatic carbocycles. The van der Waals surface area contributed by atoms with E-state index in [-0.39, 0.29) is 24.3 Å². The molecule has 0 radical (unpaired) electrons. The molecule has 2 rings (SSSR count). The van der Waals surface area contributed by atoms with Crippen molar-refractivity contribution in [3.8, 4) is 0 Å². The summed E-state index contributed by atoms with van der Waals surface area (Å²) in [5.41, 5.74) is 1.21. The maximum absolute atomic E-state index is 12.3. The number of likely N-dealkylation sites (tertiary alicyclic amines) is 1. The number of aliphatic carboxylic acids is 1. The molecule has 0 saturated carbocycles. The second kappa shape index (κ2) is 7.94. The number of carboxylic acids is 1. The number of amides is 1. The second-order valence-electron chi connectivity index (χ2n) is 6.06. The van der Waals surface area contributed by atoms with Crippen LogP contribution in [0.25, 0.3) is 0 Å². The first-order valence-corrected chi connectivity index (χ1v) is 7.83. The summed E-state index contributed by atoms with van der Waals surface area (Å²) in [6.07, 6.45) is 1.97. The predicted molar refractivity (Wildman–Crippen MR) is 84.3 cm³/mol. The first kappa shape index (κ1) is 16.5. The molecule has 1 fully saturated rings. The summed E-state index contributed by atoms with van der Waals surface area (Å²) in [6, 6.07) is 10.0. The highest BCUT2D eigenvalue weighted by Gasteiger charge is 2.30. The first-order chi connectivity index (χ1) is 10.6. The Morgan fingerprint density at radius 3 is 2.77 bits per heavy atom. The molecule has 0 spiro atoms. The Morgan fingerprint density at radius 1 is 1.36 bits per heavy atom. The fraction of sp³-hybridized carbons (Fsp3) is 0.529. The molecule has 120 valence electrons. The SMILES string of the molecule is CC(CNC(=O)C1CCCN1Cc1ccccc1)CC(=O)O. The Balaban J connectivity index is 1.84. The summed E-state index contributed by atoms with van der Waals surface area (Å²) in [7, 11) is 0. The zero-order valence-electron chi connectivity index (χ0n) is 13.0. The monoisotopic (exact) mass is 304 g/mol. The van der Waals surface area contributed by atoms with Crippen LogP contribution in [0.5, 0.6) is 0 Å². The zero-order valence-corrected chi connectivity index (χ0v) is 13.0. The van der Waals surface area contributed by atoms with E-state index in [1.165, 1.54) is 5.56 Å². The van der Waals surface area contributed by atoms with Gasteiger partial charge < -0.3 is 10.4 Å². The summed E-state index contributed by atoms with van der Waals surface area (Å²) >= 11 is 0. The molecule has 1 saturated heterocycles. The molecule has 22 heavy (non-hydrogen) atoms. The van der Waals surface area contributed by atoms with E-state index in [4.69, 9.17) is 5.11 Å². The third-order valence-electron chi connectivity index (χ3n) is 4.04. The van der Waals surface area contributed by atoms with Crippen molar-refractivity contribution in [1.29, 1.82) is 0 Å². The Hall–Kier alpha value is -1.88. The molecule has 0 bridgehead atoms. The molecule has 1 aliphatic heterocycles. The minimum atomic E-state index is -0.826. The van der Waals surface area contributed by atoms with Gasteiger partial charge in [-0.05, 0) is 30.9 Å². The molecule has 5 nitrogen and oxygen atoms in total. The topological polar surface area (TPSA) is 69.6 Å². The molecule has 1 heterocycles. The van der Waals surface area contributed by atoms with Crippen molar-refractivity contribution in [3.63, 3.8) is 0 Å². The van der Waals surface area contributed by atoms with Gasteiger partial charge in [0.25, 0.3) is 0 Å². The van der Waals surface area contributed by atoms with Gasteiger partial charge in [-0.15, -0.1) is 0 Å². The standard InChI is InChI=1S/C17H24N2O3/c1-13(10-16(20)21)11-18-17(22)15-8-5-9-19(15)12-14-6-3-2-4-7-14/h2-4,6-7,13,15H,5,8-12H2,1H3,(H,18,22)(H,20,21). The Morgan fingerprint density at radius 2 is 2.09 bits per heavy atom. The predicted octanol–water partition coefficient (Wildman–Crippen LogP) is 1.88. The summed E-state index contributed by atoms with van der Waals surface area (Å²) in [5, 5.41) is 11.6. The number of hydrogen-bond donors (Lipinski definition) is 2. The lowest BCUT2D eigenvalue weighted by Gasteiger charge is -2.24. The third kappa shape index (κ3) is 4.84. The normalized spacial score (nSPS) is 19.8. The van der Waals surface area contributed by atoms with Gasteiger partial charge in [-0.1, -0.05) is 37.3 Å². The number of benzene rings is 1. The maximum atomic E-state index is 12.3. The average Bonchev–Trinajstić information content (AvgIpc) is 2.93. The number of carbonyl (C=O) groups is 2. The molecule has 1 aliphatic rings. The fourth-order valence-electron chi connectivity index (χ4n) is 2.89. The van der Waals surface area contributed by atoms with Crippen LogP contribution in [0.3, 0.4) is 0 Å². The number of hydrogen-bond acceptors (Lipinski definition) is 3. The van der Waals surface area contributed by atoms with Gasteiger partial charge in [-0.25, -0.2) is 0 Å². The Kier molecular flexibility index (Phi) is 5.95. The molecule has 2 N–H and O–H groups in total. The zero-order chi connectivity index (χ0) is 15.9. The van der Waals surface area contributed by atoms with Crippen molar-refractivity contribution in [3.05, 3.63) is 35.9 Å². The molecule has 5 heteroatoms. The van der Waals surface area contributed by atoms with Gasteiger partial charge in [-0.2, -0.15) is 0 Å². The lowest BCUT2D eigenvalue weighted by atomic mass is 10.1. The van der Waals surface area contributed by atoms with Crippen molar-refractivity contribution in [1.82, 2.24) is 10.2 Å². The van der Waals surface area contributed by atoms with Gasteiger partial charge in [0.1, 0.15) is 0 Å². The van der Waals surface area contributed by atoms with E-state index < -0.39 is 5.97 Å². The molecular formula is C17H24N2O3. The van der Waals surface area contributed by atoms with Crippen molar-refractivity contribution in [2.45, 2.75) is 38.8 Å². The van der Waals surface area contributed by atoms with Crippen LogP contribution in [-0.2, 0) is 16.1 Å². The number of nitrogens with zero attached hydrogens (tertiary/aromatic N) is 1. The lowest BCUT2D eigenvalue weighted by Crippen LogP contribution is -2.44. The number of carbonyl (C=O) groups excluding carboxylic acids is 1. The minimum absolute atomic E-state index is 0.0191. The van der Waals surface area contributed by atoms with E-state index in [9.17, 15) is 9.59 Å². The van der Waals surface area contributed by atoms with Gasteiger partial charge in [0.15, 0.2) is 0 Å². The summed E-state index contributed by atoms with van der Waals surface area (Å²) in [6.45, 7) is 3.97. The van der Waals surface area contributed by atoms with Gasteiger partial charge >= 0.3 is 5.97 Å². The van der Waals surface area contributed by atoms with E-state index >= 15 is 0 Å². The Labute approximate surface area is 131 Å². The summed E-state index contributed by atoms with van der Waals surface area (Å²) < 4.78 is 0. The minimum Gasteiger partial charge on any atom is -0.481 e. The molecule has 1 amide bonds. The van der Waals surface area contributed by atoms with Crippen LogP contribution in [0.15, 0.2) is 30.3 Å².